The summed E-state index contributed by atoms with van der Waals surface area (Å²) in [4.78, 5) is 11.4. The normalized spacial score (nSPS) is 30.1. The van der Waals surface area contributed by atoms with Crippen LogP contribution in [0.3, 0.4) is 0 Å². The van der Waals surface area contributed by atoms with Gasteiger partial charge in [-0.1, -0.05) is 6.42 Å². The Morgan fingerprint density at radius 2 is 2.12 bits per heavy atom. The molecule has 0 aromatic rings. The molecular weight excluding hydrogens is 236 g/mol. The third kappa shape index (κ3) is 4.14. The first kappa shape index (κ1) is 14.8. The summed E-state index contributed by atoms with van der Waals surface area (Å²) in [6.07, 6.45) is 8.37. The number of nitrogens with two attached hydrogens (primary N) is 1. The lowest BCUT2D eigenvalue weighted by Crippen LogP contribution is -2.27. The van der Waals surface area contributed by atoms with Crippen LogP contribution in [0.25, 0.3) is 0 Å². The average molecular weight is 261 g/mol. The van der Waals surface area contributed by atoms with Crippen molar-refractivity contribution in [3.63, 3.8) is 0 Å². The molecule has 2 fully saturated rings. The van der Waals surface area contributed by atoms with E-state index in [9.17, 15) is 4.79 Å². The van der Waals surface area contributed by atoms with Gasteiger partial charge in [0.05, 0.1) is 0 Å². The van der Waals surface area contributed by atoms with Crippen molar-refractivity contribution in [2.24, 2.45) is 23.5 Å². The number of amides is 1. The van der Waals surface area contributed by atoms with Gasteiger partial charge in [0.15, 0.2) is 0 Å². The molecule has 0 saturated heterocycles. The van der Waals surface area contributed by atoms with Gasteiger partial charge in [0, 0.05) is 13.0 Å². The molecule has 0 aromatic heterocycles. The molecular formula is C13H25ClN2O. The molecule has 0 heterocycles. The highest BCUT2D eigenvalue weighted by molar-refractivity contribution is 5.85. The lowest BCUT2D eigenvalue weighted by molar-refractivity contribution is -0.121. The van der Waals surface area contributed by atoms with Crippen LogP contribution in [-0.4, -0.2) is 19.0 Å². The fourth-order valence-corrected chi connectivity index (χ4v) is 3.48. The SMILES string of the molecule is Cl.NCCCC(=O)NCCC1CC2CCC1C2. The van der Waals surface area contributed by atoms with Gasteiger partial charge in [-0.05, 0) is 56.4 Å². The van der Waals surface area contributed by atoms with Gasteiger partial charge in [0.1, 0.15) is 0 Å². The van der Waals surface area contributed by atoms with Crippen molar-refractivity contribution in [2.45, 2.75) is 44.9 Å². The van der Waals surface area contributed by atoms with Crippen LogP contribution in [-0.2, 0) is 4.79 Å². The number of fused-ring (bicyclic) bond motifs is 2. The van der Waals surface area contributed by atoms with Crippen LogP contribution < -0.4 is 11.1 Å². The molecule has 0 aliphatic heterocycles. The molecule has 17 heavy (non-hydrogen) atoms. The molecule has 2 bridgehead atoms. The maximum absolute atomic E-state index is 11.4. The number of carbonyl (C=O) groups is 1. The Morgan fingerprint density at radius 1 is 1.29 bits per heavy atom. The Labute approximate surface area is 110 Å². The molecule has 1 amide bonds. The van der Waals surface area contributed by atoms with Crippen molar-refractivity contribution in [1.29, 1.82) is 0 Å². The van der Waals surface area contributed by atoms with E-state index in [4.69, 9.17) is 5.73 Å². The smallest absolute Gasteiger partial charge is 0.220 e. The second kappa shape index (κ2) is 7.22. The van der Waals surface area contributed by atoms with Crippen LogP contribution in [0.15, 0.2) is 0 Å². The Hall–Kier alpha value is -0.280. The number of halogens is 1. The fourth-order valence-electron chi connectivity index (χ4n) is 3.48. The summed E-state index contributed by atoms with van der Waals surface area (Å²) in [6, 6.07) is 0. The molecule has 0 radical (unpaired) electrons. The molecule has 4 heteroatoms. The highest BCUT2D eigenvalue weighted by Crippen LogP contribution is 2.49. The van der Waals surface area contributed by atoms with Crippen LogP contribution in [0.2, 0.25) is 0 Å². The summed E-state index contributed by atoms with van der Waals surface area (Å²) in [5.74, 6) is 3.07. The maximum Gasteiger partial charge on any atom is 0.220 e. The van der Waals surface area contributed by atoms with Crippen LogP contribution in [0.4, 0.5) is 0 Å². The minimum atomic E-state index is 0. The number of carbonyl (C=O) groups excluding carboxylic acids is 1. The molecule has 2 aliphatic rings. The quantitative estimate of drug-likeness (QED) is 0.768. The molecule has 3 nitrogen and oxygen atoms in total. The lowest BCUT2D eigenvalue weighted by atomic mass is 9.86. The standard InChI is InChI=1S/C13H24N2O.ClH/c14-6-1-2-13(16)15-7-5-12-9-10-3-4-11(12)8-10;/h10-12H,1-9,14H2,(H,15,16);1H. The van der Waals surface area contributed by atoms with E-state index < -0.39 is 0 Å². The minimum Gasteiger partial charge on any atom is -0.356 e. The van der Waals surface area contributed by atoms with E-state index in [1.807, 2.05) is 0 Å². The molecule has 2 rings (SSSR count). The molecule has 3 atom stereocenters. The van der Waals surface area contributed by atoms with E-state index >= 15 is 0 Å². The first-order valence-corrected chi connectivity index (χ1v) is 6.76. The zero-order valence-corrected chi connectivity index (χ0v) is 11.3. The van der Waals surface area contributed by atoms with Gasteiger partial charge in [0.2, 0.25) is 5.91 Å². The summed E-state index contributed by atoms with van der Waals surface area (Å²) >= 11 is 0. The summed E-state index contributed by atoms with van der Waals surface area (Å²) in [7, 11) is 0. The van der Waals surface area contributed by atoms with Gasteiger partial charge in [-0.3, -0.25) is 4.79 Å². The number of hydrogen-bond acceptors (Lipinski definition) is 2. The van der Waals surface area contributed by atoms with Crippen LogP contribution >= 0.6 is 12.4 Å². The first-order chi connectivity index (χ1) is 7.79. The van der Waals surface area contributed by atoms with Crippen molar-refractivity contribution in [2.75, 3.05) is 13.1 Å². The Bertz CT molecular complexity index is 248. The second-order valence-electron chi connectivity index (χ2n) is 5.47. The Balaban J connectivity index is 0.00000144. The molecule has 3 N–H and O–H groups in total. The van der Waals surface area contributed by atoms with E-state index in [1.165, 1.54) is 32.1 Å². The lowest BCUT2D eigenvalue weighted by Gasteiger charge is -2.21. The zero-order chi connectivity index (χ0) is 11.4. The number of nitrogens with one attached hydrogen (secondary N) is 1. The van der Waals surface area contributed by atoms with Gasteiger partial charge in [-0.25, -0.2) is 0 Å². The highest BCUT2D eigenvalue weighted by atomic mass is 35.5. The largest absolute Gasteiger partial charge is 0.356 e. The Morgan fingerprint density at radius 3 is 2.71 bits per heavy atom. The summed E-state index contributed by atoms with van der Waals surface area (Å²) < 4.78 is 0. The third-order valence-electron chi connectivity index (χ3n) is 4.33. The third-order valence-corrected chi connectivity index (χ3v) is 4.33. The van der Waals surface area contributed by atoms with Crippen LogP contribution in [0.5, 0.6) is 0 Å². The molecule has 2 saturated carbocycles. The fraction of sp³-hybridized carbons (Fsp3) is 0.923. The first-order valence-electron chi connectivity index (χ1n) is 6.76. The zero-order valence-electron chi connectivity index (χ0n) is 10.5. The van der Waals surface area contributed by atoms with E-state index in [1.54, 1.807) is 0 Å². The van der Waals surface area contributed by atoms with Crippen molar-refractivity contribution < 1.29 is 4.79 Å². The van der Waals surface area contributed by atoms with Gasteiger partial charge in [0.25, 0.3) is 0 Å². The summed E-state index contributed by atoms with van der Waals surface area (Å²) in [5, 5.41) is 3.01. The highest BCUT2D eigenvalue weighted by Gasteiger charge is 2.38. The van der Waals surface area contributed by atoms with Crippen LogP contribution in [0, 0.1) is 17.8 Å². The maximum atomic E-state index is 11.4. The molecule has 0 spiro atoms. The van der Waals surface area contributed by atoms with Crippen molar-refractivity contribution in [1.82, 2.24) is 5.32 Å². The van der Waals surface area contributed by atoms with E-state index in [0.29, 0.717) is 13.0 Å². The molecule has 100 valence electrons. The molecule has 2 aliphatic carbocycles. The van der Waals surface area contributed by atoms with E-state index in [2.05, 4.69) is 5.32 Å². The molecule has 0 aromatic carbocycles. The van der Waals surface area contributed by atoms with Crippen molar-refractivity contribution >= 4 is 18.3 Å². The summed E-state index contributed by atoms with van der Waals surface area (Å²) in [5.41, 5.74) is 5.37. The number of hydrogen-bond donors (Lipinski definition) is 2. The second-order valence-corrected chi connectivity index (χ2v) is 5.47. The number of rotatable bonds is 6. The average Bonchev–Trinajstić information content (AvgIpc) is 2.88. The topological polar surface area (TPSA) is 55.1 Å². The van der Waals surface area contributed by atoms with Crippen molar-refractivity contribution in [3.05, 3.63) is 0 Å². The predicted molar refractivity (Wildman–Crippen MR) is 72.1 cm³/mol. The van der Waals surface area contributed by atoms with Crippen molar-refractivity contribution in [3.8, 4) is 0 Å². The monoisotopic (exact) mass is 260 g/mol. The van der Waals surface area contributed by atoms with Gasteiger partial charge < -0.3 is 11.1 Å². The summed E-state index contributed by atoms with van der Waals surface area (Å²) in [6.45, 7) is 1.48. The minimum absolute atomic E-state index is 0. The van der Waals surface area contributed by atoms with E-state index in [-0.39, 0.29) is 18.3 Å². The van der Waals surface area contributed by atoms with Gasteiger partial charge >= 0.3 is 0 Å². The molecule has 3 unspecified atom stereocenters. The van der Waals surface area contributed by atoms with Gasteiger partial charge in [-0.2, -0.15) is 0 Å². The Kier molecular flexibility index (Phi) is 6.28. The van der Waals surface area contributed by atoms with Crippen LogP contribution in [0.1, 0.15) is 44.9 Å². The van der Waals surface area contributed by atoms with Gasteiger partial charge in [-0.15, -0.1) is 12.4 Å². The predicted octanol–water partition coefficient (Wildman–Crippen LogP) is 2.09. The van der Waals surface area contributed by atoms with E-state index in [0.717, 1.165) is 30.7 Å².